The molecule has 3 N–H and O–H groups in total. The van der Waals surface area contributed by atoms with Gasteiger partial charge in [-0.15, -0.1) is 12.4 Å². The van der Waals surface area contributed by atoms with Crippen LogP contribution in [0.15, 0.2) is 72.8 Å². The Morgan fingerprint density at radius 1 is 0.885 bits per heavy atom. The number of carbonyl (C=O) groups is 1. The van der Waals surface area contributed by atoms with Crippen molar-refractivity contribution in [2.24, 2.45) is 5.73 Å². The number of benzene rings is 3. The summed E-state index contributed by atoms with van der Waals surface area (Å²) in [4.78, 5) is 11.3. The van der Waals surface area contributed by atoms with E-state index in [4.69, 9.17) is 17.3 Å². The Hall–Kier alpha value is -2.33. The molecule has 3 rings (SSSR count). The number of hydrogen-bond donors (Lipinski definition) is 2. The van der Waals surface area contributed by atoms with E-state index in [0.717, 1.165) is 34.8 Å². The van der Waals surface area contributed by atoms with Crippen molar-refractivity contribution < 1.29 is 4.79 Å². The van der Waals surface area contributed by atoms with Gasteiger partial charge in [-0.1, -0.05) is 66.2 Å². The van der Waals surface area contributed by atoms with Gasteiger partial charge in [-0.25, -0.2) is 0 Å². The molecule has 0 fully saturated rings. The number of hydrogen-bond acceptors (Lipinski definition) is 2. The fourth-order valence-electron chi connectivity index (χ4n) is 2.65. The molecule has 0 radical (unpaired) electrons. The number of carbonyl (C=O) groups excluding carboxylic acids is 1. The monoisotopic (exact) mass is 386 g/mol. The van der Waals surface area contributed by atoms with Crippen LogP contribution < -0.4 is 11.1 Å². The third kappa shape index (κ3) is 5.09. The summed E-state index contributed by atoms with van der Waals surface area (Å²) in [5, 5.41) is 4.17. The lowest BCUT2D eigenvalue weighted by Gasteiger charge is -2.08. The summed E-state index contributed by atoms with van der Waals surface area (Å²) >= 11 is 6.16. The van der Waals surface area contributed by atoms with Crippen LogP contribution in [0.5, 0.6) is 0 Å². The molecule has 3 nitrogen and oxygen atoms in total. The van der Waals surface area contributed by atoms with Gasteiger partial charge in [-0.2, -0.15) is 0 Å². The van der Waals surface area contributed by atoms with Crippen LogP contribution in [0.25, 0.3) is 11.1 Å². The highest BCUT2D eigenvalue weighted by Crippen LogP contribution is 2.21. The van der Waals surface area contributed by atoms with Crippen LogP contribution in [0.3, 0.4) is 0 Å². The van der Waals surface area contributed by atoms with Crippen LogP contribution in [-0.4, -0.2) is 5.91 Å². The summed E-state index contributed by atoms with van der Waals surface area (Å²) < 4.78 is 0. The molecule has 3 aromatic carbocycles. The number of halogens is 2. The Morgan fingerprint density at radius 3 is 2.31 bits per heavy atom. The average Bonchev–Trinajstić information content (AvgIpc) is 2.64. The van der Waals surface area contributed by atoms with Crippen molar-refractivity contribution in [3.63, 3.8) is 0 Å². The van der Waals surface area contributed by atoms with Crippen LogP contribution in [0.4, 0.5) is 0 Å². The van der Waals surface area contributed by atoms with Crippen LogP contribution in [-0.2, 0) is 13.1 Å². The standard InChI is InChI=1S/C21H19ClN2O.ClH/c22-20-7-2-1-4-19(20)14-24-13-15-8-10-16(11-9-15)17-5-3-6-18(12-17)21(23)25;/h1-12,24H,13-14H2,(H2,23,25);1H. The van der Waals surface area contributed by atoms with E-state index in [9.17, 15) is 4.79 Å². The van der Waals surface area contributed by atoms with Gasteiger partial charge in [0.2, 0.25) is 5.91 Å². The molecule has 3 aromatic rings. The van der Waals surface area contributed by atoms with Crippen molar-refractivity contribution >= 4 is 29.9 Å². The highest BCUT2D eigenvalue weighted by molar-refractivity contribution is 6.31. The quantitative estimate of drug-likeness (QED) is 0.637. The first-order chi connectivity index (χ1) is 12.1. The minimum Gasteiger partial charge on any atom is -0.366 e. The van der Waals surface area contributed by atoms with Crippen molar-refractivity contribution in [1.82, 2.24) is 5.32 Å². The van der Waals surface area contributed by atoms with Gasteiger partial charge >= 0.3 is 0 Å². The van der Waals surface area contributed by atoms with Crippen molar-refractivity contribution in [2.75, 3.05) is 0 Å². The summed E-state index contributed by atoms with van der Waals surface area (Å²) in [7, 11) is 0. The number of amides is 1. The van der Waals surface area contributed by atoms with Crippen LogP contribution >= 0.6 is 24.0 Å². The zero-order chi connectivity index (χ0) is 17.6. The Bertz CT molecular complexity index is 879. The van der Waals surface area contributed by atoms with Crippen LogP contribution in [0, 0.1) is 0 Å². The molecule has 0 spiro atoms. The van der Waals surface area contributed by atoms with E-state index < -0.39 is 5.91 Å². The molecule has 134 valence electrons. The van der Waals surface area contributed by atoms with E-state index in [1.54, 1.807) is 6.07 Å². The SMILES string of the molecule is Cl.NC(=O)c1cccc(-c2ccc(CNCc3ccccc3Cl)cc2)c1. The van der Waals surface area contributed by atoms with E-state index in [1.165, 1.54) is 5.56 Å². The molecule has 0 aromatic heterocycles. The highest BCUT2D eigenvalue weighted by Gasteiger charge is 2.04. The molecular weight excluding hydrogens is 367 g/mol. The Kier molecular flexibility index (Phi) is 7.22. The van der Waals surface area contributed by atoms with Gasteiger partial charge < -0.3 is 11.1 Å². The fourth-order valence-corrected chi connectivity index (χ4v) is 2.85. The number of primary amides is 1. The first-order valence-corrected chi connectivity index (χ1v) is 8.44. The Labute approximate surface area is 164 Å². The third-order valence-electron chi connectivity index (χ3n) is 4.04. The lowest BCUT2D eigenvalue weighted by Crippen LogP contribution is -2.12. The van der Waals surface area contributed by atoms with Crippen LogP contribution in [0.1, 0.15) is 21.5 Å². The van der Waals surface area contributed by atoms with Gasteiger partial charge in [0, 0.05) is 23.7 Å². The van der Waals surface area contributed by atoms with Crippen molar-refractivity contribution in [2.45, 2.75) is 13.1 Å². The molecule has 0 aliphatic heterocycles. The summed E-state index contributed by atoms with van der Waals surface area (Å²) in [5.41, 5.74) is 10.2. The summed E-state index contributed by atoms with van der Waals surface area (Å²) in [6.07, 6.45) is 0. The number of rotatable bonds is 6. The van der Waals surface area contributed by atoms with Gasteiger partial charge in [0.15, 0.2) is 0 Å². The second-order valence-electron chi connectivity index (χ2n) is 5.84. The van der Waals surface area contributed by atoms with E-state index in [0.29, 0.717) is 5.56 Å². The molecule has 0 bridgehead atoms. The molecule has 0 heterocycles. The predicted molar refractivity (Wildman–Crippen MR) is 110 cm³/mol. The average molecular weight is 387 g/mol. The molecule has 0 aliphatic rings. The van der Waals surface area contributed by atoms with Gasteiger partial charge in [-0.05, 0) is 40.5 Å². The second-order valence-corrected chi connectivity index (χ2v) is 6.24. The Morgan fingerprint density at radius 2 is 1.62 bits per heavy atom. The first-order valence-electron chi connectivity index (χ1n) is 8.07. The topological polar surface area (TPSA) is 55.1 Å². The number of nitrogens with one attached hydrogen (secondary N) is 1. The first kappa shape index (κ1) is 20.0. The molecule has 1 amide bonds. The number of nitrogens with two attached hydrogens (primary N) is 1. The van der Waals surface area contributed by atoms with E-state index in [2.05, 4.69) is 17.4 Å². The van der Waals surface area contributed by atoms with Gasteiger partial charge in [0.1, 0.15) is 0 Å². The predicted octanol–water partition coefficient (Wildman–Crippen LogP) is 4.82. The lowest BCUT2D eigenvalue weighted by molar-refractivity contribution is 0.100. The molecule has 0 saturated heterocycles. The molecule has 0 atom stereocenters. The smallest absolute Gasteiger partial charge is 0.248 e. The van der Waals surface area contributed by atoms with E-state index >= 15 is 0 Å². The molecule has 0 unspecified atom stereocenters. The molecule has 5 heteroatoms. The minimum atomic E-state index is -0.415. The Balaban J connectivity index is 0.00000243. The minimum absolute atomic E-state index is 0. The van der Waals surface area contributed by atoms with Gasteiger partial charge in [-0.3, -0.25) is 4.79 Å². The molecular formula is C21H20Cl2N2O. The van der Waals surface area contributed by atoms with Crippen LogP contribution in [0.2, 0.25) is 5.02 Å². The fraction of sp³-hybridized carbons (Fsp3) is 0.0952. The highest BCUT2D eigenvalue weighted by atomic mass is 35.5. The van der Waals surface area contributed by atoms with Gasteiger partial charge in [0.25, 0.3) is 0 Å². The van der Waals surface area contributed by atoms with Gasteiger partial charge in [0.05, 0.1) is 0 Å². The molecule has 26 heavy (non-hydrogen) atoms. The van der Waals surface area contributed by atoms with E-state index in [1.807, 2.05) is 54.6 Å². The molecule has 0 aliphatic carbocycles. The van der Waals surface area contributed by atoms with Crippen molar-refractivity contribution in [3.8, 4) is 11.1 Å². The normalized spacial score (nSPS) is 10.2. The largest absolute Gasteiger partial charge is 0.366 e. The molecule has 0 saturated carbocycles. The summed E-state index contributed by atoms with van der Waals surface area (Å²) in [6, 6.07) is 23.4. The maximum Gasteiger partial charge on any atom is 0.248 e. The van der Waals surface area contributed by atoms with Crippen molar-refractivity contribution in [3.05, 3.63) is 94.5 Å². The third-order valence-corrected chi connectivity index (χ3v) is 4.41. The maximum atomic E-state index is 11.3. The lowest BCUT2D eigenvalue weighted by atomic mass is 10.0. The maximum absolute atomic E-state index is 11.3. The summed E-state index contributed by atoms with van der Waals surface area (Å²) in [6.45, 7) is 1.48. The summed E-state index contributed by atoms with van der Waals surface area (Å²) in [5.74, 6) is -0.415. The zero-order valence-electron chi connectivity index (χ0n) is 14.1. The van der Waals surface area contributed by atoms with Crippen molar-refractivity contribution in [1.29, 1.82) is 0 Å². The van der Waals surface area contributed by atoms with E-state index in [-0.39, 0.29) is 12.4 Å². The zero-order valence-corrected chi connectivity index (χ0v) is 15.7. The second kappa shape index (κ2) is 9.39.